The lowest BCUT2D eigenvalue weighted by Gasteiger charge is -2.23. The first kappa shape index (κ1) is 20.6. The fourth-order valence-corrected chi connectivity index (χ4v) is 4.95. The number of halogens is 1. The van der Waals surface area contributed by atoms with Crippen molar-refractivity contribution in [1.29, 1.82) is 0 Å². The van der Waals surface area contributed by atoms with E-state index in [1.165, 1.54) is 12.3 Å². The second kappa shape index (κ2) is 6.84. The van der Waals surface area contributed by atoms with E-state index >= 15 is 0 Å². The second-order valence-electron chi connectivity index (χ2n) is 5.87. The first-order chi connectivity index (χ1) is 10.6. The van der Waals surface area contributed by atoms with Crippen molar-refractivity contribution < 1.29 is 26.4 Å². The summed E-state index contributed by atoms with van der Waals surface area (Å²) in [5.74, 6) is -0.275. The zero-order valence-electron chi connectivity index (χ0n) is 13.7. The van der Waals surface area contributed by atoms with Gasteiger partial charge in [-0.1, -0.05) is 0 Å². The van der Waals surface area contributed by atoms with Gasteiger partial charge in [-0.25, -0.2) is 26.6 Å². The van der Waals surface area contributed by atoms with Gasteiger partial charge >= 0.3 is 6.09 Å². The van der Waals surface area contributed by atoms with Crippen LogP contribution in [0.1, 0.15) is 20.8 Å². The molecular weight excluding hydrogens is 426 g/mol. The van der Waals surface area contributed by atoms with Gasteiger partial charge in [0.05, 0.1) is 12.5 Å². The van der Waals surface area contributed by atoms with Crippen LogP contribution >= 0.6 is 15.9 Å². The quantitative estimate of drug-likeness (QED) is 0.753. The maximum absolute atomic E-state index is 11.9. The number of nitrogens with zero attached hydrogens (tertiary/aromatic N) is 2. The van der Waals surface area contributed by atoms with E-state index in [0.29, 0.717) is 4.47 Å². The molecule has 12 heteroatoms. The molecule has 0 aliphatic heterocycles. The summed E-state index contributed by atoms with van der Waals surface area (Å²) in [7, 11) is -8.39. The Morgan fingerprint density at radius 2 is 1.71 bits per heavy atom. The molecule has 136 valence electrons. The van der Waals surface area contributed by atoms with Crippen molar-refractivity contribution in [1.82, 2.24) is 4.98 Å². The molecule has 0 spiro atoms. The van der Waals surface area contributed by atoms with E-state index in [0.717, 1.165) is 12.5 Å². The Kier molecular flexibility index (Phi) is 5.89. The van der Waals surface area contributed by atoms with Crippen LogP contribution in [0, 0.1) is 0 Å². The molecule has 0 fully saturated rings. The van der Waals surface area contributed by atoms with Gasteiger partial charge in [-0.05, 0) is 42.8 Å². The number of aromatic nitrogens is 1. The van der Waals surface area contributed by atoms with Gasteiger partial charge in [0.15, 0.2) is 5.82 Å². The third kappa shape index (κ3) is 5.91. The molecule has 0 aliphatic rings. The Morgan fingerprint density at radius 3 is 2.12 bits per heavy atom. The molecule has 0 unspecified atom stereocenters. The summed E-state index contributed by atoms with van der Waals surface area (Å²) >= 11 is 3.09. The van der Waals surface area contributed by atoms with Crippen LogP contribution in [-0.2, 0) is 24.8 Å². The van der Waals surface area contributed by atoms with Crippen molar-refractivity contribution in [2.45, 2.75) is 26.4 Å². The Hall–Kier alpha value is -1.40. The van der Waals surface area contributed by atoms with Crippen LogP contribution in [-0.4, -0.2) is 46.0 Å². The normalized spacial score (nSPS) is 12.6. The van der Waals surface area contributed by atoms with Gasteiger partial charge in [0.25, 0.3) is 0 Å². The molecule has 0 aliphatic carbocycles. The minimum atomic E-state index is -4.19. The number of pyridine rings is 1. The Labute approximate surface area is 149 Å². The topological polar surface area (TPSA) is 123 Å². The van der Waals surface area contributed by atoms with E-state index in [9.17, 15) is 21.6 Å². The number of ether oxygens (including phenoxy) is 1. The predicted octanol–water partition coefficient (Wildman–Crippen LogP) is 1.92. The molecule has 1 N–H and O–H groups in total. The van der Waals surface area contributed by atoms with E-state index < -0.39 is 31.7 Å². The van der Waals surface area contributed by atoms with Crippen LogP contribution in [0.25, 0.3) is 0 Å². The molecule has 0 saturated carbocycles. The summed E-state index contributed by atoms with van der Waals surface area (Å²) in [4.78, 5) is 15.8. The van der Waals surface area contributed by atoms with Crippen molar-refractivity contribution in [2.75, 3.05) is 21.5 Å². The lowest BCUT2D eigenvalue weighted by Crippen LogP contribution is -2.36. The van der Waals surface area contributed by atoms with E-state index in [1.807, 2.05) is 0 Å². The van der Waals surface area contributed by atoms with Gasteiger partial charge in [-0.2, -0.15) is 3.71 Å². The number of rotatable bonds is 4. The molecule has 24 heavy (non-hydrogen) atoms. The number of anilines is 2. The molecule has 1 amide bonds. The number of carbonyl (C=O) groups excluding carboxylic acids is 1. The summed E-state index contributed by atoms with van der Waals surface area (Å²) in [6, 6.07) is 1.21. The highest BCUT2D eigenvalue weighted by atomic mass is 79.9. The predicted molar refractivity (Wildman–Crippen MR) is 94.0 cm³/mol. The van der Waals surface area contributed by atoms with Gasteiger partial charge in [-0.15, -0.1) is 0 Å². The number of nitrogens with one attached hydrogen (secondary N) is 1. The minimum absolute atomic E-state index is 0.185. The highest BCUT2D eigenvalue weighted by molar-refractivity contribution is 9.10. The lowest BCUT2D eigenvalue weighted by atomic mass is 10.2. The summed E-state index contributed by atoms with van der Waals surface area (Å²) in [6.07, 6.45) is 1.83. The van der Waals surface area contributed by atoms with Crippen molar-refractivity contribution in [3.05, 3.63) is 16.7 Å². The molecule has 0 saturated heterocycles. The highest BCUT2D eigenvalue weighted by Gasteiger charge is 2.31. The van der Waals surface area contributed by atoms with Crippen LogP contribution in [0.5, 0.6) is 0 Å². The van der Waals surface area contributed by atoms with Crippen LogP contribution in [0.2, 0.25) is 0 Å². The monoisotopic (exact) mass is 443 g/mol. The average molecular weight is 444 g/mol. The van der Waals surface area contributed by atoms with Crippen molar-refractivity contribution in [3.8, 4) is 0 Å². The summed E-state index contributed by atoms with van der Waals surface area (Å²) < 4.78 is 53.2. The Balaban J connectivity index is 3.43. The molecule has 1 aromatic rings. The van der Waals surface area contributed by atoms with Crippen LogP contribution < -0.4 is 9.03 Å². The second-order valence-corrected chi connectivity index (χ2v) is 10.7. The summed E-state index contributed by atoms with van der Waals surface area (Å²) in [5, 5.41) is 2.26. The fraction of sp³-hybridized carbons (Fsp3) is 0.500. The van der Waals surface area contributed by atoms with E-state index in [1.54, 1.807) is 20.8 Å². The van der Waals surface area contributed by atoms with E-state index in [2.05, 4.69) is 26.2 Å². The minimum Gasteiger partial charge on any atom is -0.444 e. The Morgan fingerprint density at radius 1 is 1.21 bits per heavy atom. The first-order valence-corrected chi connectivity index (χ1v) is 11.0. The van der Waals surface area contributed by atoms with E-state index in [-0.39, 0.29) is 15.2 Å². The van der Waals surface area contributed by atoms with Crippen molar-refractivity contribution in [3.63, 3.8) is 0 Å². The van der Waals surface area contributed by atoms with Crippen LogP contribution in [0.4, 0.5) is 16.3 Å². The zero-order valence-corrected chi connectivity index (χ0v) is 16.9. The number of sulfonamides is 2. The molecule has 0 atom stereocenters. The fourth-order valence-electron chi connectivity index (χ4n) is 1.67. The number of hydrogen-bond acceptors (Lipinski definition) is 7. The molecule has 0 bridgehead atoms. The molecule has 1 heterocycles. The standard InChI is InChI=1S/C12H18BrN3O6S2/c1-12(2,3)22-11(17)15-10-9(6-8(13)7-14-10)16(23(4,18)19)24(5,20)21/h6-7H,1-5H3,(H,14,15,17). The van der Waals surface area contributed by atoms with Gasteiger partial charge in [0.2, 0.25) is 20.0 Å². The number of hydrogen-bond donors (Lipinski definition) is 1. The van der Waals surface area contributed by atoms with Crippen molar-refractivity contribution >= 4 is 53.6 Å². The molecule has 9 nitrogen and oxygen atoms in total. The smallest absolute Gasteiger partial charge is 0.413 e. The maximum Gasteiger partial charge on any atom is 0.413 e. The van der Waals surface area contributed by atoms with Gasteiger partial charge in [-0.3, -0.25) is 5.32 Å². The lowest BCUT2D eigenvalue weighted by molar-refractivity contribution is 0.0635. The number of amides is 1. The third-order valence-corrected chi connectivity index (χ3v) is 5.91. The third-order valence-electron chi connectivity index (χ3n) is 2.25. The first-order valence-electron chi connectivity index (χ1n) is 6.47. The number of carbonyl (C=O) groups is 1. The SMILES string of the molecule is CC(C)(C)OC(=O)Nc1ncc(Br)cc1N(S(C)(=O)=O)S(C)(=O)=O. The maximum atomic E-state index is 11.9. The Bertz CT molecular complexity index is 814. The summed E-state index contributed by atoms with van der Waals surface area (Å²) in [5.41, 5.74) is -1.13. The largest absolute Gasteiger partial charge is 0.444 e. The van der Waals surface area contributed by atoms with Crippen LogP contribution in [0.15, 0.2) is 16.7 Å². The van der Waals surface area contributed by atoms with Gasteiger partial charge in [0, 0.05) is 10.7 Å². The molecule has 1 aromatic heterocycles. The average Bonchev–Trinajstić information content (AvgIpc) is 2.26. The van der Waals surface area contributed by atoms with Gasteiger partial charge in [0.1, 0.15) is 11.3 Å². The zero-order chi connectivity index (χ0) is 18.9. The van der Waals surface area contributed by atoms with Crippen LogP contribution in [0.3, 0.4) is 0 Å². The highest BCUT2D eigenvalue weighted by Crippen LogP contribution is 2.31. The van der Waals surface area contributed by atoms with E-state index in [4.69, 9.17) is 4.74 Å². The molecule has 0 aromatic carbocycles. The summed E-state index contributed by atoms with van der Waals surface area (Å²) in [6.45, 7) is 4.92. The van der Waals surface area contributed by atoms with Gasteiger partial charge < -0.3 is 4.74 Å². The van der Waals surface area contributed by atoms with Crippen molar-refractivity contribution in [2.24, 2.45) is 0 Å². The molecular formula is C12H18BrN3O6S2. The molecule has 0 radical (unpaired) electrons. The molecule has 1 rings (SSSR count).